The molecule has 0 aliphatic rings. The fourth-order valence-corrected chi connectivity index (χ4v) is 3.14. The number of carbonyl (C=O) groups excluding carboxylic acids is 1. The van der Waals surface area contributed by atoms with Crippen LogP contribution in [0.1, 0.15) is 35.7 Å². The van der Waals surface area contributed by atoms with Crippen molar-refractivity contribution in [2.75, 3.05) is 6.54 Å². The summed E-state index contributed by atoms with van der Waals surface area (Å²) < 4.78 is 1.40. The van der Waals surface area contributed by atoms with Gasteiger partial charge >= 0.3 is 11.1 Å². The van der Waals surface area contributed by atoms with Crippen molar-refractivity contribution in [1.82, 2.24) is 14.9 Å². The highest BCUT2D eigenvalue weighted by Crippen LogP contribution is 2.12. The smallest absolute Gasteiger partial charge is 0.316 e. The molecule has 0 bridgehead atoms. The van der Waals surface area contributed by atoms with Gasteiger partial charge in [-0.2, -0.15) is 0 Å². The first-order valence-electron chi connectivity index (χ1n) is 9.19. The molecular formula is C21H23N3O3. The molecule has 0 unspecified atom stereocenters. The summed E-state index contributed by atoms with van der Waals surface area (Å²) in [6, 6.07) is 15.2. The molecular weight excluding hydrogens is 342 g/mol. The molecule has 0 spiro atoms. The van der Waals surface area contributed by atoms with Crippen molar-refractivity contribution in [1.29, 1.82) is 0 Å². The molecule has 3 rings (SSSR count). The molecule has 140 valence electrons. The Labute approximate surface area is 156 Å². The van der Waals surface area contributed by atoms with E-state index in [4.69, 9.17) is 0 Å². The van der Waals surface area contributed by atoms with Crippen molar-refractivity contribution in [3.8, 4) is 0 Å². The number of carbonyl (C=O) groups is 1. The minimum absolute atomic E-state index is 0.188. The van der Waals surface area contributed by atoms with Crippen LogP contribution in [0.4, 0.5) is 0 Å². The fourth-order valence-electron chi connectivity index (χ4n) is 3.14. The van der Waals surface area contributed by atoms with Gasteiger partial charge in [0.2, 0.25) is 0 Å². The molecule has 0 atom stereocenters. The predicted molar refractivity (Wildman–Crippen MR) is 106 cm³/mol. The molecule has 3 aromatic rings. The molecule has 0 radical (unpaired) electrons. The average Bonchev–Trinajstić information content (AvgIpc) is 2.69. The van der Waals surface area contributed by atoms with E-state index < -0.39 is 11.1 Å². The van der Waals surface area contributed by atoms with Gasteiger partial charge in [-0.1, -0.05) is 30.3 Å². The number of hydrogen-bond acceptors (Lipinski definition) is 3. The van der Waals surface area contributed by atoms with Crippen LogP contribution in [0.15, 0.2) is 58.1 Å². The van der Waals surface area contributed by atoms with E-state index in [0.717, 1.165) is 19.3 Å². The van der Waals surface area contributed by atoms with Gasteiger partial charge in [-0.3, -0.25) is 14.4 Å². The summed E-state index contributed by atoms with van der Waals surface area (Å²) in [6.07, 6.45) is 2.88. The third-order valence-electron chi connectivity index (χ3n) is 4.57. The second-order valence-corrected chi connectivity index (χ2v) is 6.43. The molecule has 0 aliphatic carbocycles. The number of hydrogen-bond donors (Lipinski definition) is 2. The topological polar surface area (TPSA) is 84.0 Å². The molecule has 0 saturated heterocycles. The monoisotopic (exact) mass is 365 g/mol. The summed E-state index contributed by atoms with van der Waals surface area (Å²) in [5.41, 5.74) is 1.59. The maximum Gasteiger partial charge on any atom is 0.316 e. The van der Waals surface area contributed by atoms with Crippen LogP contribution in [0.2, 0.25) is 0 Å². The van der Waals surface area contributed by atoms with Gasteiger partial charge < -0.3 is 14.9 Å². The molecule has 0 aliphatic heterocycles. The number of unbranched alkanes of at least 4 members (excludes halogenated alkanes) is 1. The van der Waals surface area contributed by atoms with E-state index in [0.29, 0.717) is 29.7 Å². The van der Waals surface area contributed by atoms with E-state index in [2.05, 4.69) is 22.4 Å². The zero-order valence-corrected chi connectivity index (χ0v) is 15.3. The molecule has 27 heavy (non-hydrogen) atoms. The first kappa shape index (κ1) is 18.6. The summed E-state index contributed by atoms with van der Waals surface area (Å²) in [5.74, 6) is -0.188. The van der Waals surface area contributed by atoms with Crippen molar-refractivity contribution >= 4 is 16.9 Å². The van der Waals surface area contributed by atoms with E-state index in [1.165, 1.54) is 10.1 Å². The number of nitrogens with one attached hydrogen (secondary N) is 2. The Bertz CT molecular complexity index is 1050. The second kappa shape index (κ2) is 8.49. The Balaban J connectivity index is 1.61. The average molecular weight is 365 g/mol. The highest BCUT2D eigenvalue weighted by Gasteiger charge is 2.10. The largest absolute Gasteiger partial charge is 0.352 e. The van der Waals surface area contributed by atoms with Crippen LogP contribution in [0.5, 0.6) is 0 Å². The molecule has 6 nitrogen and oxygen atoms in total. The highest BCUT2D eigenvalue weighted by atomic mass is 16.2. The number of aromatic nitrogens is 2. The van der Waals surface area contributed by atoms with Gasteiger partial charge in [-0.15, -0.1) is 0 Å². The Morgan fingerprint density at radius 1 is 1.07 bits per heavy atom. The van der Waals surface area contributed by atoms with Crippen molar-refractivity contribution in [2.45, 2.75) is 32.7 Å². The number of aryl methyl sites for hydroxylation is 2. The van der Waals surface area contributed by atoms with Crippen molar-refractivity contribution in [2.24, 2.45) is 0 Å². The highest BCUT2D eigenvalue weighted by molar-refractivity contribution is 5.97. The zero-order chi connectivity index (χ0) is 19.2. The minimum Gasteiger partial charge on any atom is -0.352 e. The van der Waals surface area contributed by atoms with E-state index in [9.17, 15) is 14.4 Å². The van der Waals surface area contributed by atoms with Crippen LogP contribution in [-0.4, -0.2) is 22.0 Å². The van der Waals surface area contributed by atoms with Crippen LogP contribution < -0.4 is 16.4 Å². The lowest BCUT2D eigenvalue weighted by atomic mass is 10.1. The summed E-state index contributed by atoms with van der Waals surface area (Å²) >= 11 is 0. The van der Waals surface area contributed by atoms with Crippen LogP contribution >= 0.6 is 0 Å². The number of benzene rings is 2. The standard InChI is InChI=1S/C21H23N3O3/c1-2-24-18-12-11-16(14-17(18)23-20(26)21(24)27)19(25)22-13-7-6-10-15-8-4-3-5-9-15/h3-5,8-9,11-12,14H,2,6-7,10,13H2,1H3,(H,22,25)(H,23,26). The van der Waals surface area contributed by atoms with E-state index in [1.54, 1.807) is 25.1 Å². The number of aromatic amines is 1. The summed E-state index contributed by atoms with van der Waals surface area (Å²) in [4.78, 5) is 38.6. The lowest BCUT2D eigenvalue weighted by Gasteiger charge is -2.09. The van der Waals surface area contributed by atoms with Gasteiger partial charge in [0.25, 0.3) is 5.91 Å². The first-order chi connectivity index (χ1) is 13.1. The second-order valence-electron chi connectivity index (χ2n) is 6.43. The van der Waals surface area contributed by atoms with Gasteiger partial charge in [-0.05, 0) is 49.9 Å². The summed E-state index contributed by atoms with van der Waals surface area (Å²) in [6.45, 7) is 2.79. The first-order valence-corrected chi connectivity index (χ1v) is 9.19. The molecule has 0 fully saturated rings. The van der Waals surface area contributed by atoms with E-state index in [-0.39, 0.29) is 5.91 Å². The molecule has 2 N–H and O–H groups in total. The molecule has 0 saturated carbocycles. The maximum atomic E-state index is 12.4. The molecule has 1 amide bonds. The number of rotatable bonds is 7. The van der Waals surface area contributed by atoms with E-state index >= 15 is 0 Å². The minimum atomic E-state index is -0.678. The normalized spacial score (nSPS) is 10.9. The quantitative estimate of drug-likeness (QED) is 0.498. The lowest BCUT2D eigenvalue weighted by Crippen LogP contribution is -2.36. The van der Waals surface area contributed by atoms with Crippen molar-refractivity contribution in [3.05, 3.63) is 80.4 Å². The third kappa shape index (κ3) is 4.34. The van der Waals surface area contributed by atoms with Gasteiger partial charge in [0.05, 0.1) is 11.0 Å². The lowest BCUT2D eigenvalue weighted by molar-refractivity contribution is 0.0953. The van der Waals surface area contributed by atoms with Crippen molar-refractivity contribution < 1.29 is 4.79 Å². The molecule has 1 aromatic heterocycles. The van der Waals surface area contributed by atoms with Gasteiger partial charge in [0, 0.05) is 18.7 Å². The fraction of sp³-hybridized carbons (Fsp3) is 0.286. The summed E-state index contributed by atoms with van der Waals surface area (Å²) in [5, 5.41) is 2.91. The summed E-state index contributed by atoms with van der Waals surface area (Å²) in [7, 11) is 0. The zero-order valence-electron chi connectivity index (χ0n) is 15.3. The molecule has 6 heteroatoms. The maximum absolute atomic E-state index is 12.4. The van der Waals surface area contributed by atoms with Crippen molar-refractivity contribution in [3.63, 3.8) is 0 Å². The van der Waals surface area contributed by atoms with E-state index in [1.807, 2.05) is 18.2 Å². The number of H-pyrrole nitrogens is 1. The predicted octanol–water partition coefficient (Wildman–Crippen LogP) is 2.46. The van der Waals surface area contributed by atoms with Crippen LogP contribution in [0.25, 0.3) is 11.0 Å². The van der Waals surface area contributed by atoms with Crippen LogP contribution in [0, 0.1) is 0 Å². The van der Waals surface area contributed by atoms with Gasteiger partial charge in [0.15, 0.2) is 0 Å². The Kier molecular flexibility index (Phi) is 5.86. The van der Waals surface area contributed by atoms with Gasteiger partial charge in [-0.25, -0.2) is 0 Å². The SMILES string of the molecule is CCn1c(=O)c(=O)[nH]c2cc(C(=O)NCCCCc3ccccc3)ccc21. The Morgan fingerprint density at radius 2 is 1.85 bits per heavy atom. The van der Waals surface area contributed by atoms with Crippen LogP contribution in [0.3, 0.4) is 0 Å². The number of amides is 1. The molecule has 2 aromatic carbocycles. The number of nitrogens with zero attached hydrogens (tertiary/aromatic N) is 1. The van der Waals surface area contributed by atoms with Crippen LogP contribution in [-0.2, 0) is 13.0 Å². The third-order valence-corrected chi connectivity index (χ3v) is 4.57. The number of fused-ring (bicyclic) bond motifs is 1. The Morgan fingerprint density at radius 3 is 2.59 bits per heavy atom. The van der Waals surface area contributed by atoms with Gasteiger partial charge in [0.1, 0.15) is 0 Å². The molecule has 1 heterocycles. The Hall–Kier alpha value is -3.15.